The van der Waals surface area contributed by atoms with E-state index in [9.17, 15) is 0 Å². The maximum absolute atomic E-state index is 3.66. The summed E-state index contributed by atoms with van der Waals surface area (Å²) in [5.74, 6) is 0.950. The minimum absolute atomic E-state index is 0.817. The van der Waals surface area contributed by atoms with Crippen LogP contribution < -0.4 is 5.32 Å². The minimum Gasteiger partial charge on any atom is -0.314 e. The Kier molecular flexibility index (Phi) is 5.97. The highest BCUT2D eigenvalue weighted by molar-refractivity contribution is 4.78. The van der Waals surface area contributed by atoms with Crippen molar-refractivity contribution in [2.45, 2.75) is 76.8 Å². The van der Waals surface area contributed by atoms with Gasteiger partial charge < -0.3 is 10.2 Å². The van der Waals surface area contributed by atoms with Crippen LogP contribution in [0.1, 0.15) is 64.7 Å². The molecule has 3 unspecified atom stereocenters. The molecule has 1 N–H and O–H groups in total. The lowest BCUT2D eigenvalue weighted by molar-refractivity contribution is 0.159. The topological polar surface area (TPSA) is 15.3 Å². The molecule has 0 aromatic carbocycles. The number of piperidine rings is 1. The van der Waals surface area contributed by atoms with Gasteiger partial charge in [0.25, 0.3) is 0 Å². The van der Waals surface area contributed by atoms with E-state index in [0.717, 1.165) is 18.0 Å². The summed E-state index contributed by atoms with van der Waals surface area (Å²) >= 11 is 0. The van der Waals surface area contributed by atoms with Crippen LogP contribution in [-0.2, 0) is 0 Å². The van der Waals surface area contributed by atoms with Crippen molar-refractivity contribution < 1.29 is 0 Å². The fourth-order valence-electron chi connectivity index (χ4n) is 3.74. The van der Waals surface area contributed by atoms with E-state index in [1.54, 1.807) is 0 Å². The number of nitrogens with zero attached hydrogens (tertiary/aromatic N) is 1. The van der Waals surface area contributed by atoms with Crippen LogP contribution in [0.15, 0.2) is 0 Å². The van der Waals surface area contributed by atoms with Crippen LogP contribution in [0.4, 0.5) is 0 Å². The third-order valence-electron chi connectivity index (χ3n) is 5.01. The molecule has 2 nitrogen and oxygen atoms in total. The highest BCUT2D eigenvalue weighted by atomic mass is 15.1. The van der Waals surface area contributed by atoms with Gasteiger partial charge in [0.1, 0.15) is 0 Å². The monoisotopic (exact) mass is 252 g/mol. The molecule has 1 saturated carbocycles. The van der Waals surface area contributed by atoms with E-state index in [1.807, 2.05) is 0 Å². The predicted molar refractivity (Wildman–Crippen MR) is 78.9 cm³/mol. The molecule has 0 amide bonds. The molecule has 1 aliphatic heterocycles. The summed E-state index contributed by atoms with van der Waals surface area (Å²) in [6, 6.07) is 1.69. The fourth-order valence-corrected chi connectivity index (χ4v) is 3.74. The van der Waals surface area contributed by atoms with Crippen molar-refractivity contribution in [1.29, 1.82) is 0 Å². The molecule has 1 saturated heterocycles. The van der Waals surface area contributed by atoms with Crippen LogP contribution in [0.5, 0.6) is 0 Å². The lowest BCUT2D eigenvalue weighted by Crippen LogP contribution is -2.38. The normalized spacial score (nSPS) is 33.8. The lowest BCUT2D eigenvalue weighted by atomic mass is 9.86. The van der Waals surface area contributed by atoms with Crippen molar-refractivity contribution in [3.8, 4) is 0 Å². The zero-order valence-electron chi connectivity index (χ0n) is 12.5. The molecule has 1 heterocycles. The zero-order chi connectivity index (χ0) is 12.8. The highest BCUT2D eigenvalue weighted by Crippen LogP contribution is 2.26. The van der Waals surface area contributed by atoms with Gasteiger partial charge in [0.15, 0.2) is 0 Å². The Bertz CT molecular complexity index is 223. The molecule has 106 valence electrons. The van der Waals surface area contributed by atoms with E-state index in [4.69, 9.17) is 0 Å². The summed E-state index contributed by atoms with van der Waals surface area (Å²) in [6.07, 6.45) is 12.7. The van der Waals surface area contributed by atoms with E-state index < -0.39 is 0 Å². The van der Waals surface area contributed by atoms with E-state index in [0.29, 0.717) is 0 Å². The zero-order valence-corrected chi connectivity index (χ0v) is 12.5. The first-order valence-corrected chi connectivity index (χ1v) is 8.19. The van der Waals surface area contributed by atoms with E-state index in [-0.39, 0.29) is 0 Å². The number of hydrogen-bond acceptors (Lipinski definition) is 2. The molecule has 2 rings (SSSR count). The summed E-state index contributed by atoms with van der Waals surface area (Å²) < 4.78 is 0. The van der Waals surface area contributed by atoms with E-state index in [1.165, 1.54) is 70.9 Å². The largest absolute Gasteiger partial charge is 0.314 e. The van der Waals surface area contributed by atoms with Crippen LogP contribution in [0.3, 0.4) is 0 Å². The Morgan fingerprint density at radius 2 is 2.00 bits per heavy atom. The standard InChI is InChI=1S/C16H32N2/c1-14-7-5-10-16(13-14)18(2)12-6-9-15-8-3-4-11-17-15/h14-17H,3-13H2,1-2H3. The molecule has 2 fully saturated rings. The lowest BCUT2D eigenvalue weighted by Gasteiger charge is -2.34. The average molecular weight is 252 g/mol. The molecule has 18 heavy (non-hydrogen) atoms. The molecule has 0 aromatic heterocycles. The van der Waals surface area contributed by atoms with E-state index >= 15 is 0 Å². The molecule has 2 heteroatoms. The Hall–Kier alpha value is -0.0800. The van der Waals surface area contributed by atoms with Crippen LogP contribution in [0.2, 0.25) is 0 Å². The molecule has 1 aliphatic carbocycles. The van der Waals surface area contributed by atoms with Gasteiger partial charge in [0.2, 0.25) is 0 Å². The molecule has 0 spiro atoms. The average Bonchev–Trinajstić information content (AvgIpc) is 2.40. The summed E-state index contributed by atoms with van der Waals surface area (Å²) in [7, 11) is 2.34. The second-order valence-electron chi connectivity index (χ2n) is 6.70. The van der Waals surface area contributed by atoms with Crippen molar-refractivity contribution in [3.05, 3.63) is 0 Å². The first kappa shape index (κ1) is 14.3. The van der Waals surface area contributed by atoms with Crippen LogP contribution in [-0.4, -0.2) is 37.1 Å². The Morgan fingerprint density at radius 1 is 1.11 bits per heavy atom. The minimum atomic E-state index is 0.817. The Balaban J connectivity index is 1.60. The fraction of sp³-hybridized carbons (Fsp3) is 1.00. The highest BCUT2D eigenvalue weighted by Gasteiger charge is 2.22. The quantitative estimate of drug-likeness (QED) is 0.806. The second-order valence-corrected chi connectivity index (χ2v) is 6.70. The van der Waals surface area contributed by atoms with Crippen molar-refractivity contribution >= 4 is 0 Å². The van der Waals surface area contributed by atoms with Gasteiger partial charge in [-0.1, -0.05) is 26.2 Å². The predicted octanol–water partition coefficient (Wildman–Crippen LogP) is 3.42. The molecular weight excluding hydrogens is 220 g/mol. The SMILES string of the molecule is CC1CCCC(N(C)CCCC2CCCCN2)C1. The molecule has 0 aromatic rings. The van der Waals surface area contributed by atoms with Gasteiger partial charge in [-0.15, -0.1) is 0 Å². The second kappa shape index (κ2) is 7.49. The Morgan fingerprint density at radius 3 is 2.72 bits per heavy atom. The number of nitrogens with one attached hydrogen (secondary N) is 1. The van der Waals surface area contributed by atoms with Crippen molar-refractivity contribution in [3.63, 3.8) is 0 Å². The van der Waals surface area contributed by atoms with Crippen molar-refractivity contribution in [1.82, 2.24) is 10.2 Å². The Labute approximate surface area is 114 Å². The van der Waals surface area contributed by atoms with Gasteiger partial charge >= 0.3 is 0 Å². The van der Waals surface area contributed by atoms with Crippen molar-refractivity contribution in [2.24, 2.45) is 5.92 Å². The molecule has 2 aliphatic rings. The van der Waals surface area contributed by atoms with Gasteiger partial charge in [-0.3, -0.25) is 0 Å². The number of hydrogen-bond donors (Lipinski definition) is 1. The van der Waals surface area contributed by atoms with Gasteiger partial charge in [-0.2, -0.15) is 0 Å². The molecule has 0 bridgehead atoms. The van der Waals surface area contributed by atoms with Crippen LogP contribution >= 0.6 is 0 Å². The summed E-state index contributed by atoms with van der Waals surface area (Å²) in [5, 5.41) is 3.66. The van der Waals surface area contributed by atoms with E-state index in [2.05, 4.69) is 24.2 Å². The molecular formula is C16H32N2. The third-order valence-corrected chi connectivity index (χ3v) is 5.01. The van der Waals surface area contributed by atoms with Crippen molar-refractivity contribution in [2.75, 3.05) is 20.1 Å². The van der Waals surface area contributed by atoms with Gasteiger partial charge in [-0.25, -0.2) is 0 Å². The molecule has 0 radical (unpaired) electrons. The molecule has 3 atom stereocenters. The number of rotatable bonds is 5. The first-order chi connectivity index (χ1) is 8.75. The maximum Gasteiger partial charge on any atom is 0.00947 e. The van der Waals surface area contributed by atoms with Crippen LogP contribution in [0, 0.1) is 5.92 Å². The van der Waals surface area contributed by atoms with Gasteiger partial charge in [0, 0.05) is 12.1 Å². The van der Waals surface area contributed by atoms with Crippen LogP contribution in [0.25, 0.3) is 0 Å². The van der Waals surface area contributed by atoms with Gasteiger partial charge in [0.05, 0.1) is 0 Å². The van der Waals surface area contributed by atoms with Gasteiger partial charge in [-0.05, 0) is 64.6 Å². The summed E-state index contributed by atoms with van der Waals surface area (Å²) in [4.78, 5) is 2.64. The smallest absolute Gasteiger partial charge is 0.00947 e. The third kappa shape index (κ3) is 4.55. The maximum atomic E-state index is 3.66. The summed E-state index contributed by atoms with van der Waals surface area (Å²) in [5.41, 5.74) is 0. The summed E-state index contributed by atoms with van der Waals surface area (Å²) in [6.45, 7) is 4.97. The first-order valence-electron chi connectivity index (χ1n) is 8.19.